The molecule has 0 atom stereocenters. The Bertz CT molecular complexity index is 780. The van der Waals surface area contributed by atoms with Gasteiger partial charge in [0.2, 0.25) is 11.8 Å². The third kappa shape index (κ3) is 4.31. The lowest BCUT2D eigenvalue weighted by Gasteiger charge is -2.09. The number of thiocarbonyl (C=S) groups is 1. The molecule has 0 aliphatic carbocycles. The summed E-state index contributed by atoms with van der Waals surface area (Å²) in [6.07, 6.45) is 0. The molecular weight excluding hydrogens is 326 g/mol. The Labute approximate surface area is 134 Å². The molecule has 0 saturated carbocycles. The predicted molar refractivity (Wildman–Crippen MR) is 83.6 cm³/mol. The summed E-state index contributed by atoms with van der Waals surface area (Å²) in [5, 5.41) is 34.0. The Hall–Kier alpha value is -3.34. The zero-order chi connectivity index (χ0) is 17.0. The average molecular weight is 335 g/mol. The molecule has 4 N–H and O–H groups in total. The van der Waals surface area contributed by atoms with Gasteiger partial charge in [0.25, 0.3) is 5.69 Å². The summed E-state index contributed by atoms with van der Waals surface area (Å²) in [6.45, 7) is 0. The third-order valence-electron chi connectivity index (χ3n) is 2.49. The summed E-state index contributed by atoms with van der Waals surface area (Å²) in [4.78, 5) is 28.1. The monoisotopic (exact) mass is 335 g/mol. The van der Waals surface area contributed by atoms with E-state index in [2.05, 4.69) is 20.6 Å². The predicted octanol–water partition coefficient (Wildman–Crippen LogP) is 1.60. The van der Waals surface area contributed by atoms with Gasteiger partial charge in [0.05, 0.1) is 4.92 Å². The molecule has 0 aliphatic heterocycles. The van der Waals surface area contributed by atoms with E-state index in [1.54, 1.807) is 0 Å². The van der Waals surface area contributed by atoms with Crippen molar-refractivity contribution >= 4 is 40.6 Å². The Kier molecular flexibility index (Phi) is 4.61. The van der Waals surface area contributed by atoms with Gasteiger partial charge in [-0.1, -0.05) is 0 Å². The fraction of sp³-hybridized carbons (Fsp3) is 0. The highest BCUT2D eigenvalue weighted by molar-refractivity contribution is 7.80. The number of anilines is 2. The Morgan fingerprint density at radius 3 is 2.43 bits per heavy atom. The van der Waals surface area contributed by atoms with Crippen LogP contribution in [0.15, 0.2) is 30.3 Å². The smallest absolute Gasteiger partial charge is 0.354 e. The van der Waals surface area contributed by atoms with Gasteiger partial charge in [-0.15, -0.1) is 0 Å². The Morgan fingerprint density at radius 2 is 1.87 bits per heavy atom. The van der Waals surface area contributed by atoms with Crippen LogP contribution in [0, 0.1) is 10.1 Å². The molecule has 0 unspecified atom stereocenters. The first kappa shape index (κ1) is 16.0. The molecule has 10 nitrogen and oxygen atoms in total. The first-order valence-corrected chi connectivity index (χ1v) is 6.40. The van der Waals surface area contributed by atoms with E-state index >= 15 is 0 Å². The number of carboxylic acid groups (broad SMARTS) is 1. The van der Waals surface area contributed by atoms with Crippen LogP contribution in [0.3, 0.4) is 0 Å². The van der Waals surface area contributed by atoms with E-state index in [-0.39, 0.29) is 16.7 Å². The second kappa shape index (κ2) is 6.62. The summed E-state index contributed by atoms with van der Waals surface area (Å²) in [6, 6.07) is 6.35. The van der Waals surface area contributed by atoms with Crippen LogP contribution in [0.1, 0.15) is 10.5 Å². The minimum Gasteiger partial charge on any atom is -0.493 e. The highest BCUT2D eigenvalue weighted by Gasteiger charge is 2.11. The van der Waals surface area contributed by atoms with Crippen LogP contribution in [0.25, 0.3) is 0 Å². The summed E-state index contributed by atoms with van der Waals surface area (Å²) in [5.41, 5.74) is -0.0123. The molecule has 0 radical (unpaired) electrons. The van der Waals surface area contributed by atoms with Crippen LogP contribution in [0.5, 0.6) is 5.88 Å². The summed E-state index contributed by atoms with van der Waals surface area (Å²) in [5.74, 6) is -2.07. The minimum atomic E-state index is -1.33. The molecule has 118 valence electrons. The van der Waals surface area contributed by atoms with Crippen molar-refractivity contribution in [3.05, 3.63) is 46.1 Å². The highest BCUT2D eigenvalue weighted by atomic mass is 32.1. The maximum atomic E-state index is 10.8. The number of benzene rings is 1. The van der Waals surface area contributed by atoms with Crippen LogP contribution in [-0.2, 0) is 0 Å². The molecule has 1 aromatic heterocycles. The van der Waals surface area contributed by atoms with Gasteiger partial charge < -0.3 is 20.8 Å². The van der Waals surface area contributed by atoms with Crippen LogP contribution in [0.2, 0.25) is 0 Å². The number of rotatable bonds is 4. The molecule has 2 aromatic rings. The molecule has 0 spiro atoms. The molecule has 0 fully saturated rings. The first-order valence-electron chi connectivity index (χ1n) is 5.99. The molecule has 11 heteroatoms. The van der Waals surface area contributed by atoms with E-state index in [1.165, 1.54) is 24.3 Å². The number of aromatic carboxylic acids is 1. The molecule has 0 aliphatic rings. The average Bonchev–Trinajstić information content (AvgIpc) is 2.46. The molecule has 1 aromatic carbocycles. The SMILES string of the molecule is O=C(O)c1cc(O)nc(NC(=S)Nc2ccc([N+](=O)[O-])cc2)n1. The Balaban J connectivity index is 2.07. The summed E-state index contributed by atoms with van der Waals surface area (Å²) < 4.78 is 0. The molecule has 23 heavy (non-hydrogen) atoms. The number of nitrogens with one attached hydrogen (secondary N) is 2. The van der Waals surface area contributed by atoms with E-state index in [0.29, 0.717) is 5.69 Å². The van der Waals surface area contributed by atoms with Crippen molar-refractivity contribution in [2.75, 3.05) is 10.6 Å². The second-order valence-electron chi connectivity index (χ2n) is 4.12. The normalized spacial score (nSPS) is 9.91. The van der Waals surface area contributed by atoms with Crippen LogP contribution in [-0.4, -0.2) is 36.2 Å². The van der Waals surface area contributed by atoms with E-state index in [4.69, 9.17) is 17.3 Å². The standard InChI is InChI=1S/C12H9N5O5S/c18-9-5-8(10(19)20)14-11(15-9)16-12(23)13-6-1-3-7(4-2-6)17(21)22/h1-5H,(H,19,20)(H3,13,14,15,16,18,23). The summed E-state index contributed by atoms with van der Waals surface area (Å²) >= 11 is 4.99. The zero-order valence-electron chi connectivity index (χ0n) is 11.3. The van der Waals surface area contributed by atoms with E-state index in [0.717, 1.165) is 6.07 Å². The van der Waals surface area contributed by atoms with Crippen LogP contribution in [0.4, 0.5) is 17.3 Å². The van der Waals surface area contributed by atoms with Crippen molar-refractivity contribution in [1.82, 2.24) is 9.97 Å². The highest BCUT2D eigenvalue weighted by Crippen LogP contribution is 2.16. The van der Waals surface area contributed by atoms with E-state index < -0.39 is 22.5 Å². The number of carbonyl (C=O) groups is 1. The van der Waals surface area contributed by atoms with Gasteiger partial charge in [-0.3, -0.25) is 10.1 Å². The van der Waals surface area contributed by atoms with Crippen LogP contribution < -0.4 is 10.6 Å². The molecule has 0 saturated heterocycles. The number of aromatic nitrogens is 2. The topological polar surface area (TPSA) is 151 Å². The van der Waals surface area contributed by atoms with Gasteiger partial charge in [-0.05, 0) is 24.4 Å². The molecule has 0 bridgehead atoms. The maximum absolute atomic E-state index is 10.8. The van der Waals surface area contributed by atoms with Crippen molar-refractivity contribution in [2.45, 2.75) is 0 Å². The number of non-ortho nitro benzene ring substituents is 1. The number of aromatic hydroxyl groups is 1. The largest absolute Gasteiger partial charge is 0.493 e. The van der Waals surface area contributed by atoms with Crippen molar-refractivity contribution in [2.24, 2.45) is 0 Å². The number of nitro benzene ring substituents is 1. The van der Waals surface area contributed by atoms with Gasteiger partial charge in [0.1, 0.15) is 0 Å². The molecular formula is C12H9N5O5S. The van der Waals surface area contributed by atoms with Gasteiger partial charge in [0.15, 0.2) is 10.8 Å². The zero-order valence-corrected chi connectivity index (χ0v) is 12.1. The lowest BCUT2D eigenvalue weighted by molar-refractivity contribution is -0.384. The minimum absolute atomic E-state index is 0.0146. The lowest BCUT2D eigenvalue weighted by Crippen LogP contribution is -2.21. The van der Waals surface area contributed by atoms with E-state index in [1.807, 2.05) is 0 Å². The maximum Gasteiger partial charge on any atom is 0.354 e. The second-order valence-corrected chi connectivity index (χ2v) is 4.53. The van der Waals surface area contributed by atoms with Crippen molar-refractivity contribution in [3.8, 4) is 5.88 Å². The summed E-state index contributed by atoms with van der Waals surface area (Å²) in [7, 11) is 0. The van der Waals surface area contributed by atoms with Gasteiger partial charge in [-0.2, -0.15) is 4.98 Å². The van der Waals surface area contributed by atoms with Gasteiger partial charge in [-0.25, -0.2) is 9.78 Å². The number of hydrogen-bond acceptors (Lipinski definition) is 7. The number of nitro groups is 1. The first-order chi connectivity index (χ1) is 10.8. The lowest BCUT2D eigenvalue weighted by atomic mass is 10.3. The van der Waals surface area contributed by atoms with Gasteiger partial charge in [0, 0.05) is 23.9 Å². The number of carboxylic acids is 1. The fourth-order valence-electron chi connectivity index (χ4n) is 1.53. The molecule has 0 amide bonds. The third-order valence-corrected chi connectivity index (χ3v) is 2.70. The van der Waals surface area contributed by atoms with Crippen molar-refractivity contribution in [1.29, 1.82) is 0 Å². The Morgan fingerprint density at radius 1 is 1.22 bits per heavy atom. The number of hydrogen-bond donors (Lipinski definition) is 4. The van der Waals surface area contributed by atoms with E-state index in [9.17, 15) is 20.0 Å². The fourth-order valence-corrected chi connectivity index (χ4v) is 1.74. The number of nitrogens with zero attached hydrogens (tertiary/aromatic N) is 3. The van der Waals surface area contributed by atoms with Crippen molar-refractivity contribution < 1.29 is 19.9 Å². The van der Waals surface area contributed by atoms with Gasteiger partial charge >= 0.3 is 5.97 Å². The molecule has 2 rings (SSSR count). The molecule has 1 heterocycles. The van der Waals surface area contributed by atoms with Crippen LogP contribution >= 0.6 is 12.2 Å². The quantitative estimate of drug-likeness (QED) is 0.368. The van der Waals surface area contributed by atoms with Crippen molar-refractivity contribution in [3.63, 3.8) is 0 Å².